The standard InChI is InChI=1S/C12H25NO/c1-4-11(5-2)13-8-6-7-12(13)9-10(3)14/h10-12,14H,4-9H2,1-3H3. The van der Waals surface area contributed by atoms with Crippen molar-refractivity contribution in [1.29, 1.82) is 0 Å². The SMILES string of the molecule is CCC(CC)N1CCCC1CC(C)O. The van der Waals surface area contributed by atoms with Crippen molar-refractivity contribution in [3.8, 4) is 0 Å². The molecular weight excluding hydrogens is 174 g/mol. The summed E-state index contributed by atoms with van der Waals surface area (Å²) in [7, 11) is 0. The zero-order chi connectivity index (χ0) is 10.6. The second-order valence-electron chi connectivity index (χ2n) is 4.59. The third-order valence-corrected chi connectivity index (χ3v) is 3.45. The lowest BCUT2D eigenvalue weighted by Gasteiger charge is -2.32. The van der Waals surface area contributed by atoms with Crippen molar-refractivity contribution >= 4 is 0 Å². The van der Waals surface area contributed by atoms with E-state index in [1.807, 2.05) is 6.92 Å². The zero-order valence-corrected chi connectivity index (χ0v) is 9.87. The van der Waals surface area contributed by atoms with Gasteiger partial charge in [0, 0.05) is 12.1 Å². The van der Waals surface area contributed by atoms with E-state index in [4.69, 9.17) is 0 Å². The van der Waals surface area contributed by atoms with Crippen LogP contribution in [0.2, 0.25) is 0 Å². The highest BCUT2D eigenvalue weighted by atomic mass is 16.3. The molecule has 1 saturated heterocycles. The van der Waals surface area contributed by atoms with Crippen LogP contribution < -0.4 is 0 Å². The molecule has 84 valence electrons. The molecule has 0 bridgehead atoms. The van der Waals surface area contributed by atoms with E-state index in [1.165, 1.54) is 32.2 Å². The van der Waals surface area contributed by atoms with E-state index >= 15 is 0 Å². The molecule has 0 saturated carbocycles. The molecule has 0 spiro atoms. The van der Waals surface area contributed by atoms with Crippen molar-refractivity contribution in [2.75, 3.05) is 6.54 Å². The van der Waals surface area contributed by atoms with E-state index in [-0.39, 0.29) is 6.10 Å². The van der Waals surface area contributed by atoms with Gasteiger partial charge in [0.05, 0.1) is 6.10 Å². The molecule has 2 nitrogen and oxygen atoms in total. The minimum Gasteiger partial charge on any atom is -0.393 e. The van der Waals surface area contributed by atoms with Crippen LogP contribution >= 0.6 is 0 Å². The molecule has 1 aliphatic rings. The first-order chi connectivity index (χ1) is 6.69. The largest absolute Gasteiger partial charge is 0.393 e. The van der Waals surface area contributed by atoms with E-state index in [1.54, 1.807) is 0 Å². The molecule has 2 heteroatoms. The maximum atomic E-state index is 9.43. The quantitative estimate of drug-likeness (QED) is 0.735. The summed E-state index contributed by atoms with van der Waals surface area (Å²) in [5, 5.41) is 9.43. The summed E-state index contributed by atoms with van der Waals surface area (Å²) < 4.78 is 0. The Hall–Kier alpha value is -0.0800. The first kappa shape index (κ1) is 12.0. The molecule has 0 amide bonds. The summed E-state index contributed by atoms with van der Waals surface area (Å²) in [4.78, 5) is 2.62. The van der Waals surface area contributed by atoms with Crippen LogP contribution in [-0.4, -0.2) is 34.7 Å². The Morgan fingerprint density at radius 1 is 1.36 bits per heavy atom. The topological polar surface area (TPSA) is 23.5 Å². The van der Waals surface area contributed by atoms with Gasteiger partial charge in [0.2, 0.25) is 0 Å². The molecule has 0 aromatic heterocycles. The maximum absolute atomic E-state index is 9.43. The first-order valence-corrected chi connectivity index (χ1v) is 6.12. The number of rotatable bonds is 5. The fraction of sp³-hybridized carbons (Fsp3) is 1.00. The Morgan fingerprint density at radius 2 is 2.00 bits per heavy atom. The summed E-state index contributed by atoms with van der Waals surface area (Å²) >= 11 is 0. The summed E-state index contributed by atoms with van der Waals surface area (Å²) in [6.45, 7) is 7.69. The minimum absolute atomic E-state index is 0.144. The van der Waals surface area contributed by atoms with Crippen molar-refractivity contribution in [2.45, 2.75) is 71.1 Å². The molecule has 14 heavy (non-hydrogen) atoms. The van der Waals surface area contributed by atoms with Gasteiger partial charge in [0.1, 0.15) is 0 Å². The second kappa shape index (κ2) is 5.72. The van der Waals surface area contributed by atoms with Crippen molar-refractivity contribution < 1.29 is 5.11 Å². The van der Waals surface area contributed by atoms with E-state index in [0.29, 0.717) is 6.04 Å². The molecule has 1 rings (SSSR count). The molecule has 2 unspecified atom stereocenters. The Morgan fingerprint density at radius 3 is 2.50 bits per heavy atom. The highest BCUT2D eigenvalue weighted by molar-refractivity contribution is 4.84. The van der Waals surface area contributed by atoms with Gasteiger partial charge < -0.3 is 5.11 Å². The fourth-order valence-electron chi connectivity index (χ4n) is 2.74. The third-order valence-electron chi connectivity index (χ3n) is 3.45. The van der Waals surface area contributed by atoms with Crippen LogP contribution in [0.4, 0.5) is 0 Å². The monoisotopic (exact) mass is 199 g/mol. The number of hydrogen-bond acceptors (Lipinski definition) is 2. The van der Waals surface area contributed by atoms with Crippen LogP contribution in [-0.2, 0) is 0 Å². The number of nitrogens with zero attached hydrogens (tertiary/aromatic N) is 1. The molecule has 1 fully saturated rings. The summed E-state index contributed by atoms with van der Waals surface area (Å²) in [5.41, 5.74) is 0. The highest BCUT2D eigenvalue weighted by Gasteiger charge is 2.29. The van der Waals surface area contributed by atoms with Gasteiger partial charge in [-0.3, -0.25) is 4.90 Å². The highest BCUT2D eigenvalue weighted by Crippen LogP contribution is 2.26. The number of likely N-dealkylation sites (tertiary alicyclic amines) is 1. The summed E-state index contributed by atoms with van der Waals surface area (Å²) in [6.07, 6.45) is 5.89. The van der Waals surface area contributed by atoms with Gasteiger partial charge in [-0.2, -0.15) is 0 Å². The van der Waals surface area contributed by atoms with E-state index < -0.39 is 0 Å². The molecule has 0 aromatic carbocycles. The van der Waals surface area contributed by atoms with Crippen molar-refractivity contribution in [3.05, 3.63) is 0 Å². The molecular formula is C12H25NO. The molecule has 0 aromatic rings. The summed E-state index contributed by atoms with van der Waals surface area (Å²) in [6, 6.07) is 1.38. The van der Waals surface area contributed by atoms with Crippen molar-refractivity contribution in [1.82, 2.24) is 4.90 Å². The lowest BCUT2D eigenvalue weighted by Crippen LogP contribution is -2.39. The lowest BCUT2D eigenvalue weighted by molar-refractivity contribution is 0.106. The van der Waals surface area contributed by atoms with Gasteiger partial charge in [0.25, 0.3) is 0 Å². The first-order valence-electron chi connectivity index (χ1n) is 6.12. The van der Waals surface area contributed by atoms with Crippen molar-refractivity contribution in [2.24, 2.45) is 0 Å². The number of aliphatic hydroxyl groups excluding tert-OH is 1. The van der Waals surface area contributed by atoms with Gasteiger partial charge in [0.15, 0.2) is 0 Å². The molecule has 0 aliphatic carbocycles. The van der Waals surface area contributed by atoms with Gasteiger partial charge in [-0.05, 0) is 45.6 Å². The third kappa shape index (κ3) is 2.96. The number of aliphatic hydroxyl groups is 1. The Balaban J connectivity index is 2.49. The Labute approximate surface area is 88.3 Å². The Kier molecular flexibility index (Phi) is 4.90. The maximum Gasteiger partial charge on any atom is 0.0527 e. The van der Waals surface area contributed by atoms with Gasteiger partial charge in [-0.15, -0.1) is 0 Å². The van der Waals surface area contributed by atoms with E-state index in [2.05, 4.69) is 18.7 Å². The predicted octanol–water partition coefficient (Wildman–Crippen LogP) is 2.41. The Bertz CT molecular complexity index is 154. The molecule has 1 N–H and O–H groups in total. The average Bonchev–Trinajstić information content (AvgIpc) is 2.55. The fourth-order valence-corrected chi connectivity index (χ4v) is 2.74. The summed E-state index contributed by atoms with van der Waals surface area (Å²) in [5.74, 6) is 0. The predicted molar refractivity (Wildman–Crippen MR) is 60.4 cm³/mol. The average molecular weight is 199 g/mol. The smallest absolute Gasteiger partial charge is 0.0527 e. The van der Waals surface area contributed by atoms with Crippen LogP contribution in [0.1, 0.15) is 52.9 Å². The van der Waals surface area contributed by atoms with E-state index in [0.717, 1.165) is 12.5 Å². The number of hydrogen-bond donors (Lipinski definition) is 1. The van der Waals surface area contributed by atoms with Crippen molar-refractivity contribution in [3.63, 3.8) is 0 Å². The van der Waals surface area contributed by atoms with Gasteiger partial charge >= 0.3 is 0 Å². The van der Waals surface area contributed by atoms with Gasteiger partial charge in [-0.1, -0.05) is 13.8 Å². The van der Waals surface area contributed by atoms with Gasteiger partial charge in [-0.25, -0.2) is 0 Å². The van der Waals surface area contributed by atoms with E-state index in [9.17, 15) is 5.11 Å². The minimum atomic E-state index is -0.144. The van der Waals surface area contributed by atoms with Crippen LogP contribution in [0.5, 0.6) is 0 Å². The van der Waals surface area contributed by atoms with Crippen LogP contribution in [0.25, 0.3) is 0 Å². The second-order valence-corrected chi connectivity index (χ2v) is 4.59. The lowest BCUT2D eigenvalue weighted by atomic mass is 10.0. The van der Waals surface area contributed by atoms with Crippen LogP contribution in [0, 0.1) is 0 Å². The molecule has 1 aliphatic heterocycles. The zero-order valence-electron chi connectivity index (χ0n) is 9.87. The molecule has 2 atom stereocenters. The molecule has 1 heterocycles. The van der Waals surface area contributed by atoms with Crippen LogP contribution in [0.15, 0.2) is 0 Å². The molecule has 0 radical (unpaired) electrons. The van der Waals surface area contributed by atoms with Crippen LogP contribution in [0.3, 0.4) is 0 Å². The normalized spacial score (nSPS) is 25.9.